The molecule has 136 valence electrons. The molecule has 2 aromatic rings. The summed E-state index contributed by atoms with van der Waals surface area (Å²) in [4.78, 5) is 30.1. The van der Waals surface area contributed by atoms with Gasteiger partial charge in [-0.2, -0.15) is 0 Å². The average Bonchev–Trinajstić information content (AvgIpc) is 2.69. The van der Waals surface area contributed by atoms with Gasteiger partial charge in [-0.25, -0.2) is 0 Å². The van der Waals surface area contributed by atoms with E-state index in [4.69, 9.17) is 4.74 Å². The number of rotatable bonds is 6. The Morgan fingerprint density at radius 1 is 1.08 bits per heavy atom. The van der Waals surface area contributed by atoms with E-state index < -0.39 is 0 Å². The van der Waals surface area contributed by atoms with Gasteiger partial charge in [-0.3, -0.25) is 19.5 Å². The zero-order valence-electron chi connectivity index (χ0n) is 14.9. The second-order valence-corrected chi connectivity index (χ2v) is 6.28. The fraction of sp³-hybridized carbons (Fsp3) is 0.350. The number of benzene rings is 1. The van der Waals surface area contributed by atoms with Crippen LogP contribution in [0, 0.1) is 0 Å². The highest BCUT2D eigenvalue weighted by Gasteiger charge is 2.11. The Hall–Kier alpha value is -2.57. The van der Waals surface area contributed by atoms with E-state index >= 15 is 0 Å². The molecule has 1 aliphatic heterocycles. The van der Waals surface area contributed by atoms with Crippen LogP contribution >= 0.6 is 0 Å². The Balaban J connectivity index is 1.54. The van der Waals surface area contributed by atoms with Crippen molar-refractivity contribution in [1.29, 1.82) is 0 Å². The van der Waals surface area contributed by atoms with Crippen molar-refractivity contribution in [1.82, 2.24) is 15.2 Å². The first kappa shape index (κ1) is 18.2. The highest BCUT2D eigenvalue weighted by molar-refractivity contribution is 5.95. The second kappa shape index (κ2) is 8.69. The molecule has 0 unspecified atom stereocenters. The number of amides is 1. The molecule has 1 fully saturated rings. The van der Waals surface area contributed by atoms with Crippen LogP contribution in [0.1, 0.15) is 27.6 Å². The van der Waals surface area contributed by atoms with Gasteiger partial charge in [0.05, 0.1) is 18.9 Å². The molecule has 0 radical (unpaired) electrons. The molecule has 3 rings (SSSR count). The molecular weight excluding hydrogens is 330 g/mol. The Bertz CT molecular complexity index is 751. The molecule has 1 aliphatic rings. The van der Waals surface area contributed by atoms with Crippen LogP contribution in [0.4, 0.5) is 0 Å². The standard InChI is InChI=1S/C20H23N3O3/c1-15(24)18-6-7-19(22-14-18)16-2-4-17(5-3-16)20(25)21-8-9-23-10-12-26-13-11-23/h2-7,14H,8-13H2,1H3,(H,21,25). The second-order valence-electron chi connectivity index (χ2n) is 6.28. The van der Waals surface area contributed by atoms with Crippen molar-refractivity contribution in [3.8, 4) is 11.3 Å². The first-order valence-electron chi connectivity index (χ1n) is 8.79. The molecule has 1 amide bonds. The van der Waals surface area contributed by atoms with E-state index in [1.807, 2.05) is 18.2 Å². The third kappa shape index (κ3) is 4.74. The number of carbonyl (C=O) groups excluding carboxylic acids is 2. The number of morpholine rings is 1. The molecule has 1 aromatic heterocycles. The number of pyridine rings is 1. The van der Waals surface area contributed by atoms with Crippen LogP contribution in [-0.2, 0) is 4.74 Å². The summed E-state index contributed by atoms with van der Waals surface area (Å²) in [7, 11) is 0. The van der Waals surface area contributed by atoms with Gasteiger partial charge >= 0.3 is 0 Å². The predicted octanol–water partition coefficient (Wildman–Crippen LogP) is 2.01. The number of ketones is 1. The fourth-order valence-corrected chi connectivity index (χ4v) is 2.82. The highest BCUT2D eigenvalue weighted by Crippen LogP contribution is 2.18. The van der Waals surface area contributed by atoms with Gasteiger partial charge in [-0.15, -0.1) is 0 Å². The molecule has 1 N–H and O–H groups in total. The summed E-state index contributed by atoms with van der Waals surface area (Å²) in [5.74, 6) is -0.0853. The summed E-state index contributed by atoms with van der Waals surface area (Å²) < 4.78 is 5.31. The van der Waals surface area contributed by atoms with E-state index in [9.17, 15) is 9.59 Å². The molecule has 26 heavy (non-hydrogen) atoms. The molecule has 0 aliphatic carbocycles. The predicted molar refractivity (Wildman–Crippen MR) is 99.3 cm³/mol. The maximum atomic E-state index is 12.2. The molecule has 1 aromatic carbocycles. The third-order valence-corrected chi connectivity index (χ3v) is 4.43. The molecule has 2 heterocycles. The first-order chi connectivity index (χ1) is 12.6. The van der Waals surface area contributed by atoms with Crippen LogP contribution in [0.2, 0.25) is 0 Å². The maximum absolute atomic E-state index is 12.2. The lowest BCUT2D eigenvalue weighted by molar-refractivity contribution is 0.0383. The van der Waals surface area contributed by atoms with Gasteiger partial charge in [0.1, 0.15) is 0 Å². The van der Waals surface area contributed by atoms with Gasteiger partial charge < -0.3 is 10.1 Å². The van der Waals surface area contributed by atoms with Crippen molar-refractivity contribution in [3.63, 3.8) is 0 Å². The van der Waals surface area contributed by atoms with Crippen LogP contribution in [0.5, 0.6) is 0 Å². The Morgan fingerprint density at radius 2 is 1.77 bits per heavy atom. The van der Waals surface area contributed by atoms with Crippen molar-refractivity contribution in [3.05, 3.63) is 53.7 Å². The number of Topliss-reactive ketones (excluding diaryl/α,β-unsaturated/α-hetero) is 1. The minimum atomic E-state index is -0.0790. The quantitative estimate of drug-likeness (QED) is 0.805. The normalized spacial score (nSPS) is 14.8. The van der Waals surface area contributed by atoms with E-state index in [0.29, 0.717) is 17.7 Å². The molecule has 1 saturated heterocycles. The van der Waals surface area contributed by atoms with Crippen molar-refractivity contribution < 1.29 is 14.3 Å². The highest BCUT2D eigenvalue weighted by atomic mass is 16.5. The molecule has 6 heteroatoms. The number of carbonyl (C=O) groups is 2. The van der Waals surface area contributed by atoms with E-state index in [2.05, 4.69) is 15.2 Å². The number of hydrogen-bond acceptors (Lipinski definition) is 5. The number of nitrogens with one attached hydrogen (secondary N) is 1. The van der Waals surface area contributed by atoms with E-state index in [1.165, 1.54) is 6.92 Å². The largest absolute Gasteiger partial charge is 0.379 e. The van der Waals surface area contributed by atoms with Crippen LogP contribution in [0.3, 0.4) is 0 Å². The van der Waals surface area contributed by atoms with Crippen molar-refractivity contribution in [2.75, 3.05) is 39.4 Å². The van der Waals surface area contributed by atoms with Gasteiger partial charge in [0.15, 0.2) is 5.78 Å². The van der Waals surface area contributed by atoms with Gasteiger partial charge in [0.25, 0.3) is 5.91 Å². The summed E-state index contributed by atoms with van der Waals surface area (Å²) in [5, 5.41) is 2.95. The number of hydrogen-bond donors (Lipinski definition) is 1. The number of aromatic nitrogens is 1. The minimum absolute atomic E-state index is 0.00634. The van der Waals surface area contributed by atoms with Gasteiger partial charge in [0, 0.05) is 49.1 Å². The third-order valence-electron chi connectivity index (χ3n) is 4.43. The average molecular weight is 353 g/mol. The summed E-state index contributed by atoms with van der Waals surface area (Å²) in [6.45, 7) is 6.32. The van der Waals surface area contributed by atoms with Crippen LogP contribution in [-0.4, -0.2) is 61.0 Å². The zero-order chi connectivity index (χ0) is 18.4. The molecule has 0 atom stereocenters. The lowest BCUT2D eigenvalue weighted by atomic mass is 10.1. The van der Waals surface area contributed by atoms with Crippen LogP contribution in [0.25, 0.3) is 11.3 Å². The number of nitrogens with zero attached hydrogens (tertiary/aromatic N) is 2. The van der Waals surface area contributed by atoms with Crippen molar-refractivity contribution in [2.24, 2.45) is 0 Å². The molecule has 0 saturated carbocycles. The monoisotopic (exact) mass is 353 g/mol. The van der Waals surface area contributed by atoms with Crippen LogP contribution < -0.4 is 5.32 Å². The lowest BCUT2D eigenvalue weighted by Crippen LogP contribution is -2.41. The summed E-state index contributed by atoms with van der Waals surface area (Å²) >= 11 is 0. The molecule has 0 spiro atoms. The summed E-state index contributed by atoms with van der Waals surface area (Å²) in [6.07, 6.45) is 1.57. The first-order valence-corrected chi connectivity index (χ1v) is 8.79. The van der Waals surface area contributed by atoms with E-state index in [0.717, 1.165) is 44.1 Å². The van der Waals surface area contributed by atoms with E-state index in [-0.39, 0.29) is 11.7 Å². The smallest absolute Gasteiger partial charge is 0.251 e. The van der Waals surface area contributed by atoms with Gasteiger partial charge in [-0.05, 0) is 31.2 Å². The fourth-order valence-electron chi connectivity index (χ4n) is 2.82. The van der Waals surface area contributed by atoms with Gasteiger partial charge in [0.2, 0.25) is 0 Å². The van der Waals surface area contributed by atoms with E-state index in [1.54, 1.807) is 24.4 Å². The minimum Gasteiger partial charge on any atom is -0.379 e. The Labute approximate surface area is 153 Å². The summed E-state index contributed by atoms with van der Waals surface area (Å²) in [5.41, 5.74) is 2.89. The SMILES string of the molecule is CC(=O)c1ccc(-c2ccc(C(=O)NCCN3CCOCC3)cc2)nc1. The Morgan fingerprint density at radius 3 is 2.38 bits per heavy atom. The van der Waals surface area contributed by atoms with Crippen molar-refractivity contribution >= 4 is 11.7 Å². The lowest BCUT2D eigenvalue weighted by Gasteiger charge is -2.26. The molecule has 0 bridgehead atoms. The van der Waals surface area contributed by atoms with Crippen molar-refractivity contribution in [2.45, 2.75) is 6.92 Å². The van der Waals surface area contributed by atoms with Crippen LogP contribution in [0.15, 0.2) is 42.6 Å². The summed E-state index contributed by atoms with van der Waals surface area (Å²) in [6, 6.07) is 10.9. The van der Waals surface area contributed by atoms with Gasteiger partial charge in [-0.1, -0.05) is 12.1 Å². The number of ether oxygens (including phenoxy) is 1. The molecular formula is C20H23N3O3. The molecule has 6 nitrogen and oxygen atoms in total. The Kier molecular flexibility index (Phi) is 6.09. The topological polar surface area (TPSA) is 71.5 Å². The maximum Gasteiger partial charge on any atom is 0.251 e. The zero-order valence-corrected chi connectivity index (χ0v) is 14.9.